The van der Waals surface area contributed by atoms with Crippen LogP contribution in [0, 0.1) is 0 Å². The highest BCUT2D eigenvalue weighted by Crippen LogP contribution is 2.32. The number of carbonyl (C=O) groups is 1. The van der Waals surface area contributed by atoms with Crippen LogP contribution < -0.4 is 0 Å². The molecule has 1 aromatic carbocycles. The summed E-state index contributed by atoms with van der Waals surface area (Å²) >= 11 is 1.86. The zero-order valence-corrected chi connectivity index (χ0v) is 12.7. The molecule has 0 N–H and O–H groups in total. The lowest BCUT2D eigenvalue weighted by molar-refractivity contribution is -0.119. The fourth-order valence-corrected chi connectivity index (χ4v) is 4.38. The van der Waals surface area contributed by atoms with Crippen LogP contribution in [0.1, 0.15) is 49.3 Å². The van der Waals surface area contributed by atoms with Gasteiger partial charge in [0.25, 0.3) is 0 Å². The number of thioether (sulfide) groups is 1. The van der Waals surface area contributed by atoms with E-state index in [1.54, 1.807) is 0 Å². The van der Waals surface area contributed by atoms with Gasteiger partial charge in [0.05, 0.1) is 18.5 Å². The van der Waals surface area contributed by atoms with Gasteiger partial charge < -0.3 is 4.74 Å². The first kappa shape index (κ1) is 14.2. The molecule has 0 radical (unpaired) electrons. The van der Waals surface area contributed by atoms with Gasteiger partial charge in [0, 0.05) is 11.7 Å². The van der Waals surface area contributed by atoms with Crippen LogP contribution in [0.25, 0.3) is 0 Å². The Morgan fingerprint density at radius 1 is 1.25 bits per heavy atom. The van der Waals surface area contributed by atoms with Crippen LogP contribution in [0.4, 0.5) is 0 Å². The molecule has 0 bridgehead atoms. The summed E-state index contributed by atoms with van der Waals surface area (Å²) in [4.78, 5) is 12.2. The highest BCUT2D eigenvalue weighted by atomic mass is 32.2. The number of hydrogen-bond donors (Lipinski definition) is 0. The summed E-state index contributed by atoms with van der Waals surface area (Å²) in [5, 5.41) is 0.721. The van der Waals surface area contributed by atoms with E-state index in [4.69, 9.17) is 4.74 Å². The molecule has 20 heavy (non-hydrogen) atoms. The van der Waals surface area contributed by atoms with E-state index in [1.165, 1.54) is 36.8 Å². The molecule has 1 heterocycles. The second-order valence-electron chi connectivity index (χ2n) is 5.77. The molecular formula is C17H22O2S. The van der Waals surface area contributed by atoms with Crippen molar-refractivity contribution < 1.29 is 9.53 Å². The monoisotopic (exact) mass is 290 g/mol. The maximum Gasteiger partial charge on any atom is 0.145 e. The predicted octanol–water partition coefficient (Wildman–Crippen LogP) is 3.94. The van der Waals surface area contributed by atoms with Gasteiger partial charge in [0.1, 0.15) is 5.78 Å². The van der Waals surface area contributed by atoms with Gasteiger partial charge in [-0.1, -0.05) is 37.1 Å². The maximum atomic E-state index is 12.2. The van der Waals surface area contributed by atoms with Gasteiger partial charge in [-0.2, -0.15) is 11.8 Å². The third kappa shape index (κ3) is 3.44. The van der Waals surface area contributed by atoms with E-state index in [9.17, 15) is 4.79 Å². The van der Waals surface area contributed by atoms with Crippen molar-refractivity contribution in [2.45, 2.75) is 49.9 Å². The second kappa shape index (κ2) is 6.77. The van der Waals surface area contributed by atoms with Crippen LogP contribution in [-0.2, 0) is 16.0 Å². The first-order chi connectivity index (χ1) is 9.83. The minimum Gasteiger partial charge on any atom is -0.373 e. The lowest BCUT2D eigenvalue weighted by Crippen LogP contribution is -2.20. The normalized spacial score (nSPS) is 22.7. The third-order valence-corrected chi connectivity index (χ3v) is 5.72. The Bertz CT molecular complexity index is 466. The van der Waals surface area contributed by atoms with E-state index < -0.39 is 0 Å². The van der Waals surface area contributed by atoms with Crippen molar-refractivity contribution in [3.05, 3.63) is 35.4 Å². The largest absolute Gasteiger partial charge is 0.373 e. The highest BCUT2D eigenvalue weighted by molar-refractivity contribution is 8.00. The van der Waals surface area contributed by atoms with E-state index in [-0.39, 0.29) is 6.10 Å². The summed E-state index contributed by atoms with van der Waals surface area (Å²) in [6.45, 7) is 0.741. The average molecular weight is 290 g/mol. The molecule has 1 saturated carbocycles. The number of rotatable bonds is 5. The van der Waals surface area contributed by atoms with E-state index >= 15 is 0 Å². The summed E-state index contributed by atoms with van der Waals surface area (Å²) < 4.78 is 5.82. The summed E-state index contributed by atoms with van der Waals surface area (Å²) in [6, 6.07) is 8.37. The number of fused-ring (bicyclic) bond motifs is 1. The van der Waals surface area contributed by atoms with Crippen molar-refractivity contribution in [1.82, 2.24) is 0 Å². The topological polar surface area (TPSA) is 26.3 Å². The van der Waals surface area contributed by atoms with Crippen LogP contribution in [0.15, 0.2) is 24.3 Å². The quantitative estimate of drug-likeness (QED) is 0.821. The Balaban J connectivity index is 1.54. The van der Waals surface area contributed by atoms with Crippen molar-refractivity contribution in [1.29, 1.82) is 0 Å². The Morgan fingerprint density at radius 3 is 2.90 bits per heavy atom. The van der Waals surface area contributed by atoms with Crippen molar-refractivity contribution in [2.75, 3.05) is 12.4 Å². The van der Waals surface area contributed by atoms with Crippen LogP contribution in [-0.4, -0.2) is 23.4 Å². The lowest BCUT2D eigenvalue weighted by atomic mass is 9.95. The third-order valence-electron chi connectivity index (χ3n) is 4.29. The van der Waals surface area contributed by atoms with E-state index in [1.807, 2.05) is 17.8 Å². The van der Waals surface area contributed by atoms with Gasteiger partial charge >= 0.3 is 0 Å². The number of ketones is 1. The summed E-state index contributed by atoms with van der Waals surface area (Å²) in [6.07, 6.45) is 6.75. The van der Waals surface area contributed by atoms with E-state index in [2.05, 4.69) is 18.2 Å². The number of Topliss-reactive ketones (excluding diaryl/α,β-unsaturated/α-hetero) is 1. The molecule has 0 amide bonds. The first-order valence-corrected chi connectivity index (χ1v) is 8.70. The molecular weight excluding hydrogens is 268 g/mol. The fraction of sp³-hybridized carbons (Fsp3) is 0.588. The van der Waals surface area contributed by atoms with Crippen molar-refractivity contribution in [3.63, 3.8) is 0 Å². The molecule has 2 nitrogen and oxygen atoms in total. The molecule has 0 aromatic heterocycles. The highest BCUT2D eigenvalue weighted by Gasteiger charge is 2.24. The number of benzene rings is 1. The molecule has 0 saturated heterocycles. The molecule has 1 unspecified atom stereocenters. The zero-order valence-electron chi connectivity index (χ0n) is 11.8. The molecule has 1 fully saturated rings. The lowest BCUT2D eigenvalue weighted by Gasteiger charge is -2.25. The van der Waals surface area contributed by atoms with Gasteiger partial charge in [0.15, 0.2) is 0 Å². The van der Waals surface area contributed by atoms with Crippen LogP contribution in [0.3, 0.4) is 0 Å². The molecule has 1 aliphatic heterocycles. The Hall–Kier alpha value is -0.800. The van der Waals surface area contributed by atoms with Crippen molar-refractivity contribution in [3.8, 4) is 0 Å². The molecule has 1 aliphatic carbocycles. The minimum absolute atomic E-state index is 0.0170. The Kier molecular flexibility index (Phi) is 4.79. The molecule has 0 spiro atoms. The van der Waals surface area contributed by atoms with Gasteiger partial charge in [-0.15, -0.1) is 0 Å². The predicted molar refractivity (Wildman–Crippen MR) is 83.2 cm³/mol. The molecule has 1 aromatic rings. The van der Waals surface area contributed by atoms with Crippen molar-refractivity contribution >= 4 is 17.5 Å². The summed E-state index contributed by atoms with van der Waals surface area (Å²) in [5.74, 6) is 0.996. The van der Waals surface area contributed by atoms with Gasteiger partial charge in [-0.25, -0.2) is 0 Å². The summed E-state index contributed by atoms with van der Waals surface area (Å²) in [5.41, 5.74) is 2.57. The fourth-order valence-electron chi connectivity index (χ4n) is 3.18. The molecule has 2 aliphatic rings. The van der Waals surface area contributed by atoms with Gasteiger partial charge in [-0.05, 0) is 30.4 Å². The van der Waals surface area contributed by atoms with E-state index in [0.717, 1.165) is 18.3 Å². The molecule has 3 rings (SSSR count). The van der Waals surface area contributed by atoms with Gasteiger partial charge in [0.2, 0.25) is 0 Å². The molecule has 108 valence electrons. The van der Waals surface area contributed by atoms with Gasteiger partial charge in [-0.3, -0.25) is 4.79 Å². The van der Waals surface area contributed by atoms with Crippen LogP contribution >= 0.6 is 11.8 Å². The van der Waals surface area contributed by atoms with Crippen molar-refractivity contribution in [2.24, 2.45) is 0 Å². The maximum absolute atomic E-state index is 12.2. The Morgan fingerprint density at radius 2 is 2.05 bits per heavy atom. The summed E-state index contributed by atoms with van der Waals surface area (Å²) in [7, 11) is 0. The molecule has 3 heteroatoms. The number of carbonyl (C=O) groups excluding carboxylic acids is 1. The average Bonchev–Trinajstić information content (AvgIpc) is 2.99. The second-order valence-corrected chi connectivity index (χ2v) is 7.06. The number of ether oxygens (including phenoxy) is 1. The first-order valence-electron chi connectivity index (χ1n) is 7.65. The Labute approximate surface area is 125 Å². The standard InChI is InChI=1S/C17H22O2S/c18-14(12-20-15-6-2-3-7-15)11-17-16-8-4-1-5-13(16)9-10-19-17/h1,4-5,8,15,17H,2-3,6-7,9-12H2. The smallest absolute Gasteiger partial charge is 0.145 e. The minimum atomic E-state index is -0.0170. The van der Waals surface area contributed by atoms with Crippen LogP contribution in [0.5, 0.6) is 0 Å². The SMILES string of the molecule is O=C(CSC1CCCC1)CC1OCCc2ccccc21. The van der Waals surface area contributed by atoms with Crippen LogP contribution in [0.2, 0.25) is 0 Å². The van der Waals surface area contributed by atoms with E-state index in [0.29, 0.717) is 18.0 Å². The molecule has 1 atom stereocenters. The number of hydrogen-bond acceptors (Lipinski definition) is 3. The zero-order chi connectivity index (χ0) is 13.8.